The molecule has 0 atom stereocenters. The Hall–Kier alpha value is -6.66. The van der Waals surface area contributed by atoms with E-state index in [0.717, 1.165) is 94.8 Å². The summed E-state index contributed by atoms with van der Waals surface area (Å²) in [5.41, 5.74) is 9.66. The van der Waals surface area contributed by atoms with Gasteiger partial charge in [0, 0.05) is 21.5 Å². The SMILES string of the molecule is CCCCCCCCc1ccc(-c2ccc(OCCCCCCCCCCOc3cnc(-c4ncc(OCCCCCCCCCCOc5ccc(-c6ccc(CCCCCCCC)cc6)cc5)c5ccccc45)c4ccccc34)cc2)cc1. The number of benzene rings is 6. The summed E-state index contributed by atoms with van der Waals surface area (Å²) in [6, 6.07) is 52.4. The fourth-order valence-electron chi connectivity index (χ4n) is 11.6. The van der Waals surface area contributed by atoms with Gasteiger partial charge < -0.3 is 18.9 Å². The molecule has 0 aliphatic heterocycles. The van der Waals surface area contributed by atoms with Crippen LogP contribution in [0.4, 0.5) is 0 Å². The van der Waals surface area contributed by atoms with E-state index in [2.05, 4.69) is 159 Å². The van der Waals surface area contributed by atoms with Crippen LogP contribution >= 0.6 is 0 Å². The fraction of sp³-hybridized carbons (Fsp3) is 0.462. The number of aromatic nitrogens is 2. The first-order valence-electron chi connectivity index (χ1n) is 33.3. The summed E-state index contributed by atoms with van der Waals surface area (Å²) in [5.74, 6) is 3.59. The molecule has 84 heavy (non-hydrogen) atoms. The summed E-state index contributed by atoms with van der Waals surface area (Å²) in [7, 11) is 0. The Labute approximate surface area is 506 Å². The highest BCUT2D eigenvalue weighted by Crippen LogP contribution is 2.38. The van der Waals surface area contributed by atoms with Crippen LogP contribution in [0.5, 0.6) is 23.0 Å². The van der Waals surface area contributed by atoms with Gasteiger partial charge in [-0.3, -0.25) is 9.97 Å². The Bertz CT molecular complexity index is 2830. The first kappa shape index (κ1) is 63.4. The highest BCUT2D eigenvalue weighted by molar-refractivity contribution is 6.05. The summed E-state index contributed by atoms with van der Waals surface area (Å²) in [6.07, 6.45) is 41.3. The van der Waals surface area contributed by atoms with Gasteiger partial charge in [0.25, 0.3) is 0 Å². The number of nitrogens with zero attached hydrogens (tertiary/aromatic N) is 2. The molecule has 0 spiro atoms. The van der Waals surface area contributed by atoms with Crippen molar-refractivity contribution in [2.24, 2.45) is 0 Å². The van der Waals surface area contributed by atoms with Crippen molar-refractivity contribution in [2.45, 2.75) is 206 Å². The minimum absolute atomic E-state index is 0.685. The van der Waals surface area contributed by atoms with Crippen LogP contribution in [0, 0.1) is 0 Å². The number of pyridine rings is 2. The maximum Gasteiger partial charge on any atom is 0.145 e. The van der Waals surface area contributed by atoms with E-state index < -0.39 is 0 Å². The molecular weight excluding hydrogens is 1030 g/mol. The van der Waals surface area contributed by atoms with E-state index in [1.165, 1.54) is 200 Å². The number of unbranched alkanes of at least 4 members (excludes halogenated alkanes) is 24. The zero-order valence-corrected chi connectivity index (χ0v) is 51.6. The van der Waals surface area contributed by atoms with Crippen LogP contribution in [-0.4, -0.2) is 36.4 Å². The van der Waals surface area contributed by atoms with Crippen LogP contribution in [0.15, 0.2) is 158 Å². The van der Waals surface area contributed by atoms with E-state index in [4.69, 9.17) is 28.9 Å². The molecule has 0 bridgehead atoms. The Morgan fingerprint density at radius 3 is 0.869 bits per heavy atom. The normalized spacial score (nSPS) is 11.4. The smallest absolute Gasteiger partial charge is 0.145 e. The molecule has 6 aromatic carbocycles. The van der Waals surface area contributed by atoms with Gasteiger partial charge in [0.1, 0.15) is 23.0 Å². The van der Waals surface area contributed by atoms with Crippen LogP contribution in [-0.2, 0) is 12.8 Å². The molecule has 2 aromatic heterocycles. The monoisotopic (exact) mass is 1130 g/mol. The standard InChI is InChI=1S/C78H100N2O4/c1-3-5-7-9-19-25-35-63-41-45-65(46-42-63)67-49-53-69(54-50-67)81-57-31-21-15-11-13-17-23-33-59-83-75-61-79-77(73-39-29-27-37-71(73)75)78-74-40-30-28-38-72(74)76(62-80-78)84-60-34-24-18-14-12-16-22-32-58-82-70-55-51-68(52-56-70)66-47-43-64(44-48-66)36-26-20-10-8-6-4-2/h27-30,37-56,61-62H,3-26,31-36,57-60H2,1-2H3. The summed E-state index contributed by atoms with van der Waals surface area (Å²) in [5, 5.41) is 4.22. The van der Waals surface area contributed by atoms with Crippen LogP contribution in [0.1, 0.15) is 205 Å². The van der Waals surface area contributed by atoms with Gasteiger partial charge in [0.15, 0.2) is 0 Å². The molecule has 6 heteroatoms. The number of ether oxygens (including phenoxy) is 4. The van der Waals surface area contributed by atoms with Gasteiger partial charge in [-0.1, -0.05) is 276 Å². The lowest BCUT2D eigenvalue weighted by Crippen LogP contribution is -2.01. The van der Waals surface area contributed by atoms with E-state index in [1.807, 2.05) is 12.4 Å². The van der Waals surface area contributed by atoms with Crippen LogP contribution in [0.3, 0.4) is 0 Å². The number of fused-ring (bicyclic) bond motifs is 2. The van der Waals surface area contributed by atoms with Crippen molar-refractivity contribution < 1.29 is 18.9 Å². The van der Waals surface area contributed by atoms with Crippen molar-refractivity contribution in [1.82, 2.24) is 9.97 Å². The van der Waals surface area contributed by atoms with Crippen molar-refractivity contribution in [3.8, 4) is 56.6 Å². The largest absolute Gasteiger partial charge is 0.494 e. The summed E-state index contributed by atoms with van der Waals surface area (Å²) in [6.45, 7) is 7.48. The molecule has 0 saturated heterocycles. The number of rotatable bonds is 43. The molecular formula is C78H100N2O4. The molecule has 0 radical (unpaired) electrons. The average Bonchev–Trinajstić information content (AvgIpc) is 3.69. The number of aryl methyl sites for hydroxylation is 2. The summed E-state index contributed by atoms with van der Waals surface area (Å²) >= 11 is 0. The lowest BCUT2D eigenvalue weighted by molar-refractivity contribution is 0.302. The molecule has 6 nitrogen and oxygen atoms in total. The summed E-state index contributed by atoms with van der Waals surface area (Å²) < 4.78 is 25.0. The quantitative estimate of drug-likeness (QED) is 0.0355. The molecule has 2 heterocycles. The van der Waals surface area contributed by atoms with Gasteiger partial charge >= 0.3 is 0 Å². The molecule has 0 aliphatic rings. The van der Waals surface area contributed by atoms with E-state index in [9.17, 15) is 0 Å². The third-order valence-corrected chi connectivity index (χ3v) is 16.8. The topological polar surface area (TPSA) is 62.7 Å². The van der Waals surface area contributed by atoms with Crippen molar-refractivity contribution in [3.05, 3.63) is 169 Å². The first-order chi connectivity index (χ1) is 41.7. The first-order valence-corrected chi connectivity index (χ1v) is 33.3. The predicted octanol–water partition coefficient (Wildman–Crippen LogP) is 22.7. The second kappa shape index (κ2) is 37.6. The van der Waals surface area contributed by atoms with Crippen LogP contribution in [0.25, 0.3) is 55.2 Å². The molecule has 8 aromatic rings. The molecule has 8 rings (SSSR count). The molecule has 0 amide bonds. The lowest BCUT2D eigenvalue weighted by Gasteiger charge is -2.15. The third-order valence-electron chi connectivity index (χ3n) is 16.8. The van der Waals surface area contributed by atoms with Crippen LogP contribution in [0.2, 0.25) is 0 Å². The zero-order valence-electron chi connectivity index (χ0n) is 51.6. The molecule has 0 saturated carbocycles. The predicted molar refractivity (Wildman–Crippen MR) is 356 cm³/mol. The Kier molecular flexibility index (Phi) is 28.4. The van der Waals surface area contributed by atoms with Crippen molar-refractivity contribution in [3.63, 3.8) is 0 Å². The van der Waals surface area contributed by atoms with Gasteiger partial charge in [-0.25, -0.2) is 0 Å². The minimum Gasteiger partial charge on any atom is -0.494 e. The fourth-order valence-corrected chi connectivity index (χ4v) is 11.6. The molecule has 0 aliphatic carbocycles. The number of hydrogen-bond acceptors (Lipinski definition) is 6. The van der Waals surface area contributed by atoms with E-state index >= 15 is 0 Å². The minimum atomic E-state index is 0.685. The third kappa shape index (κ3) is 21.4. The second-order valence-corrected chi connectivity index (χ2v) is 23.6. The van der Waals surface area contributed by atoms with Crippen molar-refractivity contribution in [1.29, 1.82) is 0 Å². The Morgan fingerprint density at radius 2 is 0.536 bits per heavy atom. The van der Waals surface area contributed by atoms with Gasteiger partial charge in [0.05, 0.1) is 50.2 Å². The van der Waals surface area contributed by atoms with Crippen molar-refractivity contribution in [2.75, 3.05) is 26.4 Å². The molecule has 0 fully saturated rings. The number of hydrogen-bond donors (Lipinski definition) is 0. The molecule has 0 unspecified atom stereocenters. The average molecular weight is 1130 g/mol. The molecule has 446 valence electrons. The summed E-state index contributed by atoms with van der Waals surface area (Å²) in [4.78, 5) is 10.0. The maximum absolute atomic E-state index is 6.41. The zero-order chi connectivity index (χ0) is 57.9. The van der Waals surface area contributed by atoms with Gasteiger partial charge in [-0.15, -0.1) is 0 Å². The maximum atomic E-state index is 6.41. The van der Waals surface area contributed by atoms with E-state index in [-0.39, 0.29) is 0 Å². The highest BCUT2D eigenvalue weighted by Gasteiger charge is 2.16. The van der Waals surface area contributed by atoms with E-state index in [0.29, 0.717) is 13.2 Å². The van der Waals surface area contributed by atoms with Gasteiger partial charge in [-0.2, -0.15) is 0 Å². The lowest BCUT2D eigenvalue weighted by atomic mass is 10.0. The van der Waals surface area contributed by atoms with Crippen LogP contribution < -0.4 is 18.9 Å². The van der Waals surface area contributed by atoms with Gasteiger partial charge in [0.2, 0.25) is 0 Å². The van der Waals surface area contributed by atoms with Crippen molar-refractivity contribution >= 4 is 21.5 Å². The Morgan fingerprint density at radius 1 is 0.262 bits per heavy atom. The molecule has 0 N–H and O–H groups in total. The van der Waals surface area contributed by atoms with Gasteiger partial charge in [-0.05, 0) is 109 Å². The second-order valence-electron chi connectivity index (χ2n) is 23.6. The van der Waals surface area contributed by atoms with E-state index in [1.54, 1.807) is 0 Å². The Balaban J connectivity index is 0.651. The highest BCUT2D eigenvalue weighted by atomic mass is 16.5.